The number of likely N-dealkylation sites (tertiary alicyclic amines) is 1. The molecule has 0 aromatic carbocycles. The Morgan fingerprint density at radius 3 is 2.74 bits per heavy atom. The van der Waals surface area contributed by atoms with E-state index in [9.17, 15) is 14.7 Å². The van der Waals surface area contributed by atoms with Gasteiger partial charge in [0.1, 0.15) is 0 Å². The number of carbonyl (C=O) groups excluding carboxylic acids is 1. The second-order valence-corrected chi connectivity index (χ2v) is 6.20. The molecule has 1 atom stereocenters. The summed E-state index contributed by atoms with van der Waals surface area (Å²) >= 11 is 0. The number of aromatic nitrogens is 2. The van der Waals surface area contributed by atoms with Crippen LogP contribution in [0.1, 0.15) is 37.3 Å². The molecule has 1 aromatic rings. The topological polar surface area (TPSA) is 109 Å². The van der Waals surface area contributed by atoms with Crippen molar-refractivity contribution in [3.8, 4) is 0 Å². The normalized spacial score (nSPS) is 23.0. The van der Waals surface area contributed by atoms with Crippen LogP contribution in [0, 0.1) is 5.41 Å². The molecule has 2 aliphatic rings. The van der Waals surface area contributed by atoms with E-state index in [0.29, 0.717) is 13.1 Å². The first-order valence-corrected chi connectivity index (χ1v) is 7.79. The van der Waals surface area contributed by atoms with E-state index in [2.05, 4.69) is 9.97 Å². The maximum Gasteiger partial charge on any atom is 0.319 e. The van der Waals surface area contributed by atoms with Crippen molar-refractivity contribution in [1.82, 2.24) is 14.9 Å². The maximum atomic E-state index is 12.9. The average Bonchev–Trinajstić information content (AvgIpc) is 3.05. The molecule has 1 saturated heterocycles. The Kier molecular flexibility index (Phi) is 4.02. The third-order valence-corrected chi connectivity index (χ3v) is 4.74. The highest BCUT2D eigenvalue weighted by Gasteiger charge is 2.49. The van der Waals surface area contributed by atoms with E-state index >= 15 is 0 Å². The van der Waals surface area contributed by atoms with Gasteiger partial charge in [-0.3, -0.25) is 9.59 Å². The molecule has 7 nitrogen and oxygen atoms in total. The number of carbonyl (C=O) groups is 2. The number of carboxylic acid groups (broad SMARTS) is 1. The number of nitrogens with zero attached hydrogens (tertiary/aromatic N) is 3. The molecule has 1 aliphatic heterocycles. The van der Waals surface area contributed by atoms with Gasteiger partial charge in [-0.15, -0.1) is 0 Å². The van der Waals surface area contributed by atoms with Gasteiger partial charge in [0.2, 0.25) is 11.9 Å². The van der Waals surface area contributed by atoms with Crippen LogP contribution < -0.4 is 5.73 Å². The monoisotopic (exact) mass is 316 g/mol. The van der Waals surface area contributed by atoms with E-state index < -0.39 is 11.4 Å². The lowest BCUT2D eigenvalue weighted by Gasteiger charge is -2.37. The molecule has 1 amide bonds. The third-order valence-electron chi connectivity index (χ3n) is 4.74. The molecule has 3 rings (SSSR count). The summed E-state index contributed by atoms with van der Waals surface area (Å²) in [6, 6.07) is 1.80. The highest BCUT2D eigenvalue weighted by molar-refractivity contribution is 6.02. The Labute approximate surface area is 134 Å². The standard InChI is InChI=1S/C16H20N4O3/c17-15-18-8-5-12(19-15)11-4-3-9-20(10-11)13(21)16(14(22)23)6-1-2-7-16/h1-2,5,8,11H,3-4,6-7,9-10H2,(H,22,23)(H2,17,18,19). The minimum absolute atomic E-state index is 0.0678. The molecule has 7 heteroatoms. The Balaban J connectivity index is 1.78. The van der Waals surface area contributed by atoms with Crippen molar-refractivity contribution in [3.63, 3.8) is 0 Å². The van der Waals surface area contributed by atoms with Crippen molar-refractivity contribution in [2.75, 3.05) is 18.8 Å². The predicted octanol–water partition coefficient (Wildman–Crippen LogP) is 1.19. The maximum absolute atomic E-state index is 12.9. The van der Waals surface area contributed by atoms with Crippen LogP contribution in [0.2, 0.25) is 0 Å². The molecule has 1 aromatic heterocycles. The van der Waals surface area contributed by atoms with Crippen molar-refractivity contribution >= 4 is 17.8 Å². The molecule has 2 heterocycles. The first-order chi connectivity index (χ1) is 11.0. The van der Waals surface area contributed by atoms with Crippen LogP contribution in [-0.2, 0) is 9.59 Å². The van der Waals surface area contributed by atoms with Crippen LogP contribution in [0.25, 0.3) is 0 Å². The Morgan fingerprint density at radius 1 is 1.35 bits per heavy atom. The fourth-order valence-corrected chi connectivity index (χ4v) is 3.41. The van der Waals surface area contributed by atoms with Gasteiger partial charge in [0.05, 0.1) is 5.69 Å². The quantitative estimate of drug-likeness (QED) is 0.640. The molecule has 0 bridgehead atoms. The highest BCUT2D eigenvalue weighted by atomic mass is 16.4. The van der Waals surface area contributed by atoms with Crippen LogP contribution in [0.4, 0.5) is 5.95 Å². The lowest BCUT2D eigenvalue weighted by molar-refractivity contribution is -0.160. The number of rotatable bonds is 3. The van der Waals surface area contributed by atoms with Crippen LogP contribution in [0.3, 0.4) is 0 Å². The number of allylic oxidation sites excluding steroid dienone is 2. The summed E-state index contributed by atoms with van der Waals surface area (Å²) in [6.45, 7) is 1.06. The molecule has 0 spiro atoms. The fourth-order valence-electron chi connectivity index (χ4n) is 3.41. The number of nitrogens with two attached hydrogens (primary N) is 1. The van der Waals surface area contributed by atoms with Gasteiger partial charge in [-0.2, -0.15) is 0 Å². The van der Waals surface area contributed by atoms with E-state index in [1.807, 2.05) is 0 Å². The summed E-state index contributed by atoms with van der Waals surface area (Å²) in [6.07, 6.45) is 7.42. The lowest BCUT2D eigenvalue weighted by atomic mass is 9.82. The van der Waals surface area contributed by atoms with E-state index in [1.54, 1.807) is 29.3 Å². The minimum atomic E-state index is -1.33. The Morgan fingerprint density at radius 2 is 2.09 bits per heavy atom. The van der Waals surface area contributed by atoms with Gasteiger partial charge >= 0.3 is 5.97 Å². The smallest absolute Gasteiger partial charge is 0.319 e. The van der Waals surface area contributed by atoms with E-state index in [4.69, 9.17) is 5.73 Å². The second kappa shape index (κ2) is 5.98. The number of amides is 1. The van der Waals surface area contributed by atoms with Crippen LogP contribution >= 0.6 is 0 Å². The molecule has 122 valence electrons. The van der Waals surface area contributed by atoms with Crippen molar-refractivity contribution in [3.05, 3.63) is 30.1 Å². The largest absolute Gasteiger partial charge is 0.480 e. The molecule has 0 saturated carbocycles. The SMILES string of the molecule is Nc1nccc(C2CCCN(C(=O)C3(C(=O)O)CC=CC3)C2)n1. The lowest BCUT2D eigenvalue weighted by Crippen LogP contribution is -2.50. The van der Waals surface area contributed by atoms with Crippen LogP contribution in [0.5, 0.6) is 0 Å². The zero-order chi connectivity index (χ0) is 16.4. The average molecular weight is 316 g/mol. The second-order valence-electron chi connectivity index (χ2n) is 6.20. The van der Waals surface area contributed by atoms with Gasteiger partial charge in [0.25, 0.3) is 0 Å². The third kappa shape index (κ3) is 2.78. The summed E-state index contributed by atoms with van der Waals surface area (Å²) in [5, 5.41) is 9.56. The van der Waals surface area contributed by atoms with E-state index in [-0.39, 0.29) is 30.6 Å². The van der Waals surface area contributed by atoms with Crippen molar-refractivity contribution < 1.29 is 14.7 Å². The zero-order valence-electron chi connectivity index (χ0n) is 12.8. The van der Waals surface area contributed by atoms with Crippen LogP contribution in [-0.4, -0.2) is 44.9 Å². The number of aliphatic carboxylic acids is 1. The molecule has 23 heavy (non-hydrogen) atoms. The van der Waals surface area contributed by atoms with Crippen molar-refractivity contribution in [2.24, 2.45) is 5.41 Å². The number of nitrogen functional groups attached to an aromatic ring is 1. The molecular weight excluding hydrogens is 296 g/mol. The Hall–Kier alpha value is -2.44. The first kappa shape index (κ1) is 15.5. The van der Waals surface area contributed by atoms with Gasteiger partial charge in [-0.25, -0.2) is 9.97 Å². The minimum Gasteiger partial charge on any atom is -0.480 e. The number of anilines is 1. The summed E-state index contributed by atoms with van der Waals surface area (Å²) < 4.78 is 0. The highest BCUT2D eigenvalue weighted by Crippen LogP contribution is 2.37. The number of hydrogen-bond donors (Lipinski definition) is 2. The first-order valence-electron chi connectivity index (χ1n) is 7.79. The summed E-state index contributed by atoms with van der Waals surface area (Å²) in [7, 11) is 0. The summed E-state index contributed by atoms with van der Waals surface area (Å²) in [5.41, 5.74) is 5.11. The fraction of sp³-hybridized carbons (Fsp3) is 0.500. The van der Waals surface area contributed by atoms with Gasteiger partial charge in [0.15, 0.2) is 5.41 Å². The summed E-state index contributed by atoms with van der Waals surface area (Å²) in [4.78, 5) is 34.3. The molecule has 1 fully saturated rings. The van der Waals surface area contributed by atoms with Gasteiger partial charge in [0, 0.05) is 25.2 Å². The molecule has 3 N–H and O–H groups in total. The van der Waals surface area contributed by atoms with Gasteiger partial charge < -0.3 is 15.7 Å². The molecule has 1 unspecified atom stereocenters. The molecular formula is C16H20N4O3. The molecule has 1 aliphatic carbocycles. The van der Waals surface area contributed by atoms with Gasteiger partial charge in [-0.05, 0) is 31.7 Å². The predicted molar refractivity (Wildman–Crippen MR) is 83.4 cm³/mol. The number of hydrogen-bond acceptors (Lipinski definition) is 5. The van der Waals surface area contributed by atoms with Crippen molar-refractivity contribution in [1.29, 1.82) is 0 Å². The number of piperidine rings is 1. The number of carboxylic acids is 1. The molecule has 0 radical (unpaired) electrons. The Bertz CT molecular complexity index is 650. The van der Waals surface area contributed by atoms with Crippen LogP contribution in [0.15, 0.2) is 24.4 Å². The van der Waals surface area contributed by atoms with E-state index in [1.165, 1.54) is 0 Å². The van der Waals surface area contributed by atoms with Crippen molar-refractivity contribution in [2.45, 2.75) is 31.6 Å². The zero-order valence-corrected chi connectivity index (χ0v) is 12.8. The van der Waals surface area contributed by atoms with E-state index in [0.717, 1.165) is 18.5 Å². The van der Waals surface area contributed by atoms with Gasteiger partial charge in [-0.1, -0.05) is 12.2 Å². The summed E-state index contributed by atoms with van der Waals surface area (Å²) in [5.74, 6) is -1.05.